The lowest BCUT2D eigenvalue weighted by atomic mass is 10.2. The van der Waals surface area contributed by atoms with Crippen molar-refractivity contribution >= 4 is 22.9 Å². The van der Waals surface area contributed by atoms with Crippen LogP contribution in [0.5, 0.6) is 0 Å². The number of primary amides is 1. The van der Waals surface area contributed by atoms with Crippen molar-refractivity contribution in [3.8, 4) is 0 Å². The van der Waals surface area contributed by atoms with Crippen LogP contribution < -0.4 is 16.9 Å². The van der Waals surface area contributed by atoms with E-state index in [0.29, 0.717) is 11.0 Å². The number of aromatic amines is 1. The normalized spacial score (nSPS) is 10.7. The van der Waals surface area contributed by atoms with E-state index in [0.717, 1.165) is 4.57 Å². The number of nitrogens with one attached hydrogen (secondary N) is 1. The first-order valence-corrected chi connectivity index (χ1v) is 6.18. The monoisotopic (exact) mass is 291 g/mol. The minimum atomic E-state index is -1.14. The topological polar surface area (TPSA) is 135 Å². The molecule has 0 unspecified atom stereocenters. The van der Waals surface area contributed by atoms with Crippen LogP contribution in [0.4, 0.5) is 0 Å². The maximum Gasteiger partial charge on any atom is 0.335 e. The van der Waals surface area contributed by atoms with Gasteiger partial charge in [-0.1, -0.05) is 0 Å². The highest BCUT2D eigenvalue weighted by Crippen LogP contribution is 2.12. The van der Waals surface area contributed by atoms with E-state index < -0.39 is 23.0 Å². The van der Waals surface area contributed by atoms with Crippen LogP contribution in [0.1, 0.15) is 23.2 Å². The molecular weight excluding hydrogens is 278 g/mol. The van der Waals surface area contributed by atoms with Gasteiger partial charge in [-0.3, -0.25) is 14.4 Å². The van der Waals surface area contributed by atoms with Gasteiger partial charge in [0.2, 0.25) is 5.91 Å². The molecule has 1 amide bonds. The quantitative estimate of drug-likeness (QED) is 0.647. The molecule has 0 aliphatic carbocycles. The van der Waals surface area contributed by atoms with Crippen molar-refractivity contribution in [3.63, 3.8) is 0 Å². The minimum Gasteiger partial charge on any atom is -0.478 e. The number of H-pyrrole nitrogens is 1. The predicted octanol–water partition coefficient (Wildman–Crippen LogP) is -0.347. The molecule has 21 heavy (non-hydrogen) atoms. The Hall–Kier alpha value is -2.90. The number of amides is 1. The number of hydrogen-bond acceptors (Lipinski definition) is 4. The van der Waals surface area contributed by atoms with Crippen LogP contribution in [-0.2, 0) is 11.3 Å². The van der Waals surface area contributed by atoms with Gasteiger partial charge in [0.05, 0.1) is 16.6 Å². The second kappa shape index (κ2) is 5.61. The highest BCUT2D eigenvalue weighted by atomic mass is 16.4. The van der Waals surface area contributed by atoms with E-state index in [2.05, 4.69) is 4.98 Å². The van der Waals surface area contributed by atoms with Crippen LogP contribution in [0.25, 0.3) is 11.0 Å². The number of hydrogen-bond donors (Lipinski definition) is 3. The summed E-state index contributed by atoms with van der Waals surface area (Å²) < 4.78 is 1.16. The molecule has 2 rings (SSSR count). The number of rotatable bonds is 5. The smallest absolute Gasteiger partial charge is 0.335 e. The summed E-state index contributed by atoms with van der Waals surface area (Å²) >= 11 is 0. The van der Waals surface area contributed by atoms with Gasteiger partial charge in [0, 0.05) is 13.0 Å². The summed E-state index contributed by atoms with van der Waals surface area (Å²) in [6, 6.07) is 4.06. The number of aryl methyl sites for hydroxylation is 1. The molecular formula is C13H13N3O5. The third kappa shape index (κ3) is 2.99. The standard InChI is InChI=1S/C13H13N3O5/c14-10(17)2-1-5-16-9-6-7(13(20)21)3-4-8(9)15-11(18)12(16)19/h3-4,6H,1-2,5H2,(H2,14,17)(H,15,18)(H,20,21). The van der Waals surface area contributed by atoms with Gasteiger partial charge in [0.1, 0.15) is 0 Å². The Morgan fingerprint density at radius 1 is 1.29 bits per heavy atom. The molecule has 0 saturated heterocycles. The summed E-state index contributed by atoms with van der Waals surface area (Å²) in [6.07, 6.45) is 0.352. The lowest BCUT2D eigenvalue weighted by Gasteiger charge is -2.09. The summed E-state index contributed by atoms with van der Waals surface area (Å²) in [4.78, 5) is 47.6. The van der Waals surface area contributed by atoms with Crippen molar-refractivity contribution in [2.24, 2.45) is 5.73 Å². The van der Waals surface area contributed by atoms with Crippen molar-refractivity contribution < 1.29 is 14.7 Å². The number of nitrogens with zero attached hydrogens (tertiary/aromatic N) is 1. The van der Waals surface area contributed by atoms with E-state index in [1.807, 2.05) is 0 Å². The maximum absolute atomic E-state index is 11.9. The molecule has 8 heteroatoms. The molecule has 2 aromatic rings. The molecule has 8 nitrogen and oxygen atoms in total. The molecule has 0 radical (unpaired) electrons. The van der Waals surface area contributed by atoms with Crippen molar-refractivity contribution in [2.75, 3.05) is 0 Å². The predicted molar refractivity (Wildman–Crippen MR) is 74.2 cm³/mol. The molecule has 0 aliphatic rings. The Kier molecular flexibility index (Phi) is 3.88. The van der Waals surface area contributed by atoms with E-state index in [1.165, 1.54) is 18.2 Å². The first-order chi connectivity index (χ1) is 9.90. The fourth-order valence-electron chi connectivity index (χ4n) is 2.03. The van der Waals surface area contributed by atoms with E-state index >= 15 is 0 Å². The van der Waals surface area contributed by atoms with Gasteiger partial charge in [-0.05, 0) is 24.6 Å². The lowest BCUT2D eigenvalue weighted by Crippen LogP contribution is -2.36. The Bertz CT molecular complexity index is 834. The van der Waals surface area contributed by atoms with E-state index in [1.54, 1.807) is 0 Å². The molecule has 4 N–H and O–H groups in total. The molecule has 1 aromatic carbocycles. The zero-order chi connectivity index (χ0) is 15.6. The lowest BCUT2D eigenvalue weighted by molar-refractivity contribution is -0.118. The third-order valence-corrected chi connectivity index (χ3v) is 3.03. The minimum absolute atomic E-state index is 0.00222. The average Bonchev–Trinajstić information content (AvgIpc) is 2.42. The van der Waals surface area contributed by atoms with E-state index in [4.69, 9.17) is 10.8 Å². The third-order valence-electron chi connectivity index (χ3n) is 3.03. The average molecular weight is 291 g/mol. The molecule has 0 fully saturated rings. The zero-order valence-corrected chi connectivity index (χ0v) is 11.0. The summed E-state index contributed by atoms with van der Waals surface area (Å²) in [5.41, 5.74) is 4.07. The number of benzene rings is 1. The van der Waals surface area contributed by atoms with Crippen LogP contribution in [0.3, 0.4) is 0 Å². The number of nitrogens with two attached hydrogens (primary N) is 1. The largest absolute Gasteiger partial charge is 0.478 e. The van der Waals surface area contributed by atoms with Crippen molar-refractivity contribution in [2.45, 2.75) is 19.4 Å². The number of aromatic nitrogens is 2. The van der Waals surface area contributed by atoms with Gasteiger partial charge in [0.25, 0.3) is 0 Å². The first-order valence-electron chi connectivity index (χ1n) is 6.18. The molecule has 0 aliphatic heterocycles. The van der Waals surface area contributed by atoms with Gasteiger partial charge in [-0.25, -0.2) is 4.79 Å². The Morgan fingerprint density at radius 2 is 2.00 bits per heavy atom. The van der Waals surface area contributed by atoms with E-state index in [-0.39, 0.29) is 24.9 Å². The summed E-state index contributed by atoms with van der Waals surface area (Å²) in [5, 5.41) is 8.99. The zero-order valence-electron chi connectivity index (χ0n) is 11.0. The van der Waals surface area contributed by atoms with Gasteiger partial charge in [0.15, 0.2) is 0 Å². The van der Waals surface area contributed by atoms with Crippen molar-refractivity contribution in [1.29, 1.82) is 0 Å². The van der Waals surface area contributed by atoms with E-state index in [9.17, 15) is 19.2 Å². The van der Waals surface area contributed by atoms with Crippen LogP contribution in [0.15, 0.2) is 27.8 Å². The van der Waals surface area contributed by atoms with Crippen LogP contribution in [0, 0.1) is 0 Å². The summed E-state index contributed by atoms with van der Waals surface area (Å²) in [5.74, 6) is -1.65. The fraction of sp³-hybridized carbons (Fsp3) is 0.231. The molecule has 0 spiro atoms. The second-order valence-corrected chi connectivity index (χ2v) is 4.52. The Morgan fingerprint density at radius 3 is 2.62 bits per heavy atom. The van der Waals surface area contributed by atoms with Gasteiger partial charge < -0.3 is 20.4 Å². The second-order valence-electron chi connectivity index (χ2n) is 4.52. The molecule has 110 valence electrons. The SMILES string of the molecule is NC(=O)CCCn1c(=O)c(=O)[nH]c2ccc(C(=O)O)cc21. The van der Waals surface area contributed by atoms with Crippen molar-refractivity contribution in [3.05, 3.63) is 44.5 Å². The first kappa shape index (κ1) is 14.5. The number of fused-ring (bicyclic) bond motifs is 1. The fourth-order valence-corrected chi connectivity index (χ4v) is 2.03. The molecule has 1 heterocycles. The van der Waals surface area contributed by atoms with Crippen LogP contribution >= 0.6 is 0 Å². The molecule has 1 aromatic heterocycles. The van der Waals surface area contributed by atoms with Crippen LogP contribution in [-0.4, -0.2) is 26.5 Å². The number of carbonyl (C=O) groups is 2. The van der Waals surface area contributed by atoms with Gasteiger partial charge in [-0.15, -0.1) is 0 Å². The highest BCUT2D eigenvalue weighted by Gasteiger charge is 2.11. The maximum atomic E-state index is 11.9. The van der Waals surface area contributed by atoms with Crippen molar-refractivity contribution in [1.82, 2.24) is 9.55 Å². The number of carboxylic acids is 1. The number of aromatic carboxylic acids is 1. The van der Waals surface area contributed by atoms with Gasteiger partial charge in [-0.2, -0.15) is 0 Å². The molecule has 0 saturated carbocycles. The van der Waals surface area contributed by atoms with Gasteiger partial charge >= 0.3 is 17.1 Å². The Balaban J connectivity index is 2.58. The number of carbonyl (C=O) groups excluding carboxylic acids is 1. The Labute approximate surface area is 117 Å². The summed E-state index contributed by atoms with van der Waals surface area (Å²) in [6.45, 7) is 0.102. The molecule has 0 atom stereocenters. The number of carboxylic acid groups (broad SMARTS) is 1. The van der Waals surface area contributed by atoms with Crippen LogP contribution in [0.2, 0.25) is 0 Å². The summed E-state index contributed by atoms with van der Waals surface area (Å²) in [7, 11) is 0. The molecule has 0 bridgehead atoms. The highest BCUT2D eigenvalue weighted by molar-refractivity contribution is 5.92.